The van der Waals surface area contributed by atoms with Crippen LogP contribution in [0.5, 0.6) is 0 Å². The summed E-state index contributed by atoms with van der Waals surface area (Å²) in [6, 6.07) is 0.582. The Bertz CT molecular complexity index is 606. The number of carbonyl (C=O) groups excluding carboxylic acids is 1. The van der Waals surface area contributed by atoms with Gasteiger partial charge in [0, 0.05) is 30.7 Å². The third-order valence-electron chi connectivity index (χ3n) is 5.66. The van der Waals surface area contributed by atoms with Crippen LogP contribution in [-0.4, -0.2) is 96.9 Å². The van der Waals surface area contributed by atoms with E-state index in [4.69, 9.17) is 9.47 Å². The molecule has 144 valence electrons. The minimum absolute atomic E-state index is 0.0126. The summed E-state index contributed by atoms with van der Waals surface area (Å²) in [5.74, 6) is -0.716. The molecule has 4 heterocycles. The molecule has 1 amide bonds. The number of ether oxygens (including phenoxy) is 2. The molecule has 3 saturated heterocycles. The molecule has 0 saturated carbocycles. The Hall–Kier alpha value is -1.06. The minimum atomic E-state index is -0.703. The van der Waals surface area contributed by atoms with Crippen molar-refractivity contribution in [2.45, 2.75) is 31.1 Å². The van der Waals surface area contributed by atoms with Crippen molar-refractivity contribution in [1.82, 2.24) is 19.7 Å². The predicted octanol–water partition coefficient (Wildman–Crippen LogP) is 1.13. The van der Waals surface area contributed by atoms with E-state index in [1.165, 1.54) is 24.2 Å². The normalized spacial score (nSPS) is 29.8. The van der Waals surface area contributed by atoms with Crippen molar-refractivity contribution >= 4 is 17.2 Å². The number of carbonyl (C=O) groups is 1. The van der Waals surface area contributed by atoms with Gasteiger partial charge in [0.05, 0.1) is 26.3 Å². The van der Waals surface area contributed by atoms with Crippen LogP contribution < -0.4 is 0 Å². The van der Waals surface area contributed by atoms with E-state index in [-0.39, 0.29) is 5.91 Å². The molecule has 3 aliphatic heterocycles. The Morgan fingerprint density at radius 1 is 1.19 bits per heavy atom. The number of amides is 1. The molecular formula is C18H28N4O3S. The molecule has 8 heteroatoms. The van der Waals surface area contributed by atoms with Gasteiger partial charge in [-0.3, -0.25) is 9.69 Å². The van der Waals surface area contributed by atoms with Gasteiger partial charge in [0.2, 0.25) is 0 Å². The van der Waals surface area contributed by atoms with Crippen LogP contribution in [0.15, 0.2) is 11.6 Å². The van der Waals surface area contributed by atoms with Gasteiger partial charge in [-0.15, -0.1) is 11.3 Å². The molecule has 1 unspecified atom stereocenters. The molecule has 0 N–H and O–H groups in total. The summed E-state index contributed by atoms with van der Waals surface area (Å²) in [6.45, 7) is 6.34. The van der Waals surface area contributed by atoms with Crippen molar-refractivity contribution in [2.24, 2.45) is 0 Å². The first-order valence-corrected chi connectivity index (χ1v) is 10.4. The SMILES string of the molecule is CN1CCC(N2CCCOC3(CN(C(=O)c4nccs4)CCO3)C2)CC1. The fraction of sp³-hybridized carbons (Fsp3) is 0.778. The van der Waals surface area contributed by atoms with Gasteiger partial charge < -0.3 is 19.3 Å². The number of hydrogen-bond acceptors (Lipinski definition) is 7. The van der Waals surface area contributed by atoms with E-state index in [0.717, 1.165) is 32.6 Å². The molecule has 0 aromatic carbocycles. The zero-order chi connectivity index (χ0) is 18.0. The highest BCUT2D eigenvalue weighted by atomic mass is 32.1. The topological polar surface area (TPSA) is 58.1 Å². The van der Waals surface area contributed by atoms with Crippen molar-refractivity contribution in [3.05, 3.63) is 16.6 Å². The highest BCUT2D eigenvalue weighted by molar-refractivity contribution is 7.11. The zero-order valence-electron chi connectivity index (χ0n) is 15.4. The standard InChI is InChI=1S/C18H28N4O3S/c1-20-7-3-15(4-8-20)21-6-2-10-24-18(13-21)14-22(9-11-25-18)17(23)16-19-5-12-26-16/h5,12,15H,2-4,6-11,13-14H2,1H3. The number of morpholine rings is 1. The fourth-order valence-corrected chi connectivity index (χ4v) is 4.81. The molecule has 3 fully saturated rings. The molecule has 1 aromatic heterocycles. The molecule has 1 aromatic rings. The van der Waals surface area contributed by atoms with Gasteiger partial charge in [0.25, 0.3) is 5.91 Å². The van der Waals surface area contributed by atoms with Crippen molar-refractivity contribution < 1.29 is 14.3 Å². The van der Waals surface area contributed by atoms with Crippen LogP contribution in [0.25, 0.3) is 0 Å². The van der Waals surface area contributed by atoms with Crippen LogP contribution in [0.1, 0.15) is 29.1 Å². The summed E-state index contributed by atoms with van der Waals surface area (Å²) in [7, 11) is 2.19. The summed E-state index contributed by atoms with van der Waals surface area (Å²) >= 11 is 1.39. The third kappa shape index (κ3) is 3.94. The van der Waals surface area contributed by atoms with Gasteiger partial charge in [0.1, 0.15) is 0 Å². The Morgan fingerprint density at radius 3 is 2.77 bits per heavy atom. The lowest BCUT2D eigenvalue weighted by Crippen LogP contribution is -2.60. The monoisotopic (exact) mass is 380 g/mol. The first kappa shape index (κ1) is 18.3. The van der Waals surface area contributed by atoms with Gasteiger partial charge in [-0.2, -0.15) is 0 Å². The van der Waals surface area contributed by atoms with Gasteiger partial charge >= 0.3 is 0 Å². The Labute approximate surface area is 158 Å². The number of nitrogens with zero attached hydrogens (tertiary/aromatic N) is 4. The fourth-order valence-electron chi connectivity index (χ4n) is 4.21. The van der Waals surface area contributed by atoms with E-state index in [1.807, 2.05) is 10.3 Å². The number of piperidine rings is 1. The second-order valence-electron chi connectivity index (χ2n) is 7.53. The van der Waals surface area contributed by atoms with Gasteiger partial charge in [-0.1, -0.05) is 0 Å². The minimum Gasteiger partial charge on any atom is -0.347 e. The van der Waals surface area contributed by atoms with E-state index in [2.05, 4.69) is 21.8 Å². The van der Waals surface area contributed by atoms with E-state index in [0.29, 0.717) is 37.4 Å². The zero-order valence-corrected chi connectivity index (χ0v) is 16.2. The van der Waals surface area contributed by atoms with Crippen LogP contribution in [0.2, 0.25) is 0 Å². The number of aromatic nitrogens is 1. The Balaban J connectivity index is 1.46. The van der Waals surface area contributed by atoms with Crippen LogP contribution in [0.3, 0.4) is 0 Å². The van der Waals surface area contributed by atoms with E-state index in [9.17, 15) is 4.79 Å². The molecule has 26 heavy (non-hydrogen) atoms. The maximum Gasteiger partial charge on any atom is 0.283 e. The third-order valence-corrected chi connectivity index (χ3v) is 6.42. The predicted molar refractivity (Wildman–Crippen MR) is 99.4 cm³/mol. The van der Waals surface area contributed by atoms with E-state index >= 15 is 0 Å². The smallest absolute Gasteiger partial charge is 0.283 e. The van der Waals surface area contributed by atoms with Gasteiger partial charge in [-0.25, -0.2) is 4.98 Å². The Morgan fingerprint density at radius 2 is 2.00 bits per heavy atom. The molecule has 1 atom stereocenters. The maximum absolute atomic E-state index is 12.7. The molecule has 3 aliphatic rings. The van der Waals surface area contributed by atoms with E-state index in [1.54, 1.807) is 6.20 Å². The Kier molecular flexibility index (Phi) is 5.56. The van der Waals surface area contributed by atoms with Crippen LogP contribution in [0.4, 0.5) is 0 Å². The lowest BCUT2D eigenvalue weighted by Gasteiger charge is -2.45. The van der Waals surface area contributed by atoms with E-state index < -0.39 is 5.79 Å². The van der Waals surface area contributed by atoms with Crippen molar-refractivity contribution in [3.8, 4) is 0 Å². The van der Waals surface area contributed by atoms with Gasteiger partial charge in [0.15, 0.2) is 10.8 Å². The molecule has 1 spiro atoms. The summed E-state index contributed by atoms with van der Waals surface area (Å²) in [5.41, 5.74) is 0. The lowest BCUT2D eigenvalue weighted by atomic mass is 10.0. The van der Waals surface area contributed by atoms with Crippen LogP contribution >= 0.6 is 11.3 Å². The summed E-state index contributed by atoms with van der Waals surface area (Å²) < 4.78 is 12.3. The molecular weight excluding hydrogens is 352 g/mol. The quantitative estimate of drug-likeness (QED) is 0.767. The lowest BCUT2D eigenvalue weighted by molar-refractivity contribution is -0.262. The molecule has 7 nitrogen and oxygen atoms in total. The molecule has 0 aliphatic carbocycles. The summed E-state index contributed by atoms with van der Waals surface area (Å²) in [4.78, 5) is 23.7. The largest absolute Gasteiger partial charge is 0.347 e. The average Bonchev–Trinajstić information content (AvgIpc) is 3.12. The highest BCUT2D eigenvalue weighted by Gasteiger charge is 2.44. The first-order valence-electron chi connectivity index (χ1n) is 9.54. The highest BCUT2D eigenvalue weighted by Crippen LogP contribution is 2.28. The van der Waals surface area contributed by atoms with Crippen LogP contribution in [-0.2, 0) is 9.47 Å². The number of likely N-dealkylation sites (tertiary alicyclic amines) is 1. The number of thiazole rings is 1. The number of hydrogen-bond donors (Lipinski definition) is 0. The first-order chi connectivity index (χ1) is 12.7. The van der Waals surface area contributed by atoms with Crippen molar-refractivity contribution in [1.29, 1.82) is 0 Å². The second kappa shape index (κ2) is 7.90. The number of rotatable bonds is 2. The molecule has 0 radical (unpaired) electrons. The van der Waals surface area contributed by atoms with Crippen LogP contribution in [0, 0.1) is 0 Å². The average molecular weight is 381 g/mol. The second-order valence-corrected chi connectivity index (χ2v) is 8.42. The molecule has 4 rings (SSSR count). The molecule has 0 bridgehead atoms. The van der Waals surface area contributed by atoms with Crippen molar-refractivity contribution in [3.63, 3.8) is 0 Å². The summed E-state index contributed by atoms with van der Waals surface area (Å²) in [5, 5.41) is 2.39. The van der Waals surface area contributed by atoms with Crippen molar-refractivity contribution in [2.75, 3.05) is 59.5 Å². The maximum atomic E-state index is 12.7. The van der Waals surface area contributed by atoms with Gasteiger partial charge in [-0.05, 0) is 39.4 Å². The summed E-state index contributed by atoms with van der Waals surface area (Å²) in [6.07, 6.45) is 5.07.